The van der Waals surface area contributed by atoms with Crippen LogP contribution in [0.2, 0.25) is 10.0 Å². The van der Waals surface area contributed by atoms with E-state index in [1.165, 1.54) is 4.90 Å². The van der Waals surface area contributed by atoms with Gasteiger partial charge in [0.2, 0.25) is 0 Å². The second-order valence-electron chi connectivity index (χ2n) is 8.00. The van der Waals surface area contributed by atoms with Gasteiger partial charge in [0.1, 0.15) is 11.5 Å². The van der Waals surface area contributed by atoms with Gasteiger partial charge in [0.25, 0.3) is 11.7 Å². The number of halogens is 2. The Hall–Kier alpha value is -3.28. The largest absolute Gasteiger partial charge is 0.507 e. The minimum absolute atomic E-state index is 0.00704. The third-order valence-corrected chi connectivity index (χ3v) is 6.45. The molecular formula is C27H23Cl2NO4. The Morgan fingerprint density at radius 2 is 1.71 bits per heavy atom. The van der Waals surface area contributed by atoms with Crippen LogP contribution < -0.4 is 9.64 Å². The molecule has 1 aliphatic rings. The highest BCUT2D eigenvalue weighted by Crippen LogP contribution is 2.44. The molecule has 3 aromatic carbocycles. The Balaban J connectivity index is 1.88. The Labute approximate surface area is 208 Å². The molecule has 1 unspecified atom stereocenters. The number of carbonyl (C=O) groups excluding carboxylic acids is 2. The molecule has 7 heteroatoms. The van der Waals surface area contributed by atoms with Gasteiger partial charge in [0, 0.05) is 11.3 Å². The third kappa shape index (κ3) is 4.41. The first-order valence-corrected chi connectivity index (χ1v) is 11.6. The summed E-state index contributed by atoms with van der Waals surface area (Å²) >= 11 is 12.3. The molecule has 0 saturated carbocycles. The highest BCUT2D eigenvalue weighted by Gasteiger charge is 2.47. The van der Waals surface area contributed by atoms with Gasteiger partial charge in [-0.05, 0) is 66.9 Å². The van der Waals surface area contributed by atoms with Crippen molar-refractivity contribution in [2.45, 2.75) is 26.3 Å². The van der Waals surface area contributed by atoms with Crippen LogP contribution in [0.5, 0.6) is 5.75 Å². The summed E-state index contributed by atoms with van der Waals surface area (Å²) in [5.41, 5.74) is 2.42. The van der Waals surface area contributed by atoms with Crippen LogP contribution in [-0.4, -0.2) is 23.4 Å². The molecule has 1 fully saturated rings. The number of anilines is 1. The number of nitrogens with zero attached hydrogens (tertiary/aromatic N) is 1. The van der Waals surface area contributed by atoms with E-state index in [4.69, 9.17) is 27.9 Å². The number of aryl methyl sites for hydroxylation is 1. The second kappa shape index (κ2) is 9.92. The van der Waals surface area contributed by atoms with Gasteiger partial charge < -0.3 is 9.84 Å². The van der Waals surface area contributed by atoms with E-state index in [2.05, 4.69) is 0 Å². The Morgan fingerprint density at radius 3 is 2.35 bits per heavy atom. The average molecular weight is 496 g/mol. The van der Waals surface area contributed by atoms with Gasteiger partial charge in [-0.15, -0.1) is 0 Å². The maximum absolute atomic E-state index is 13.3. The van der Waals surface area contributed by atoms with Crippen molar-refractivity contribution >= 4 is 46.3 Å². The quantitative estimate of drug-likeness (QED) is 0.234. The van der Waals surface area contributed by atoms with Gasteiger partial charge in [-0.25, -0.2) is 0 Å². The molecule has 1 N–H and O–H groups in total. The molecule has 3 aromatic rings. The fourth-order valence-electron chi connectivity index (χ4n) is 4.01. The lowest BCUT2D eigenvalue weighted by Crippen LogP contribution is -2.29. The molecule has 1 heterocycles. The standard InChI is InChI=1S/C27H23Cl2NO4/c1-3-14-34-19-11-8-17(9-12-19)25(31)23-24(20-7-5-4-6-16(20)2)30(27(33)26(23)32)18-10-13-21(28)22(29)15-18/h4-13,15,24,31H,3,14H2,1-2H3/b25-23+. The van der Waals surface area contributed by atoms with E-state index in [9.17, 15) is 14.7 Å². The van der Waals surface area contributed by atoms with Crippen molar-refractivity contribution in [3.05, 3.63) is 99.0 Å². The number of hydrogen-bond acceptors (Lipinski definition) is 4. The molecule has 4 rings (SSSR count). The summed E-state index contributed by atoms with van der Waals surface area (Å²) in [6.07, 6.45) is 0.871. The first-order valence-electron chi connectivity index (χ1n) is 10.9. The van der Waals surface area contributed by atoms with E-state index >= 15 is 0 Å². The lowest BCUT2D eigenvalue weighted by atomic mass is 9.92. The van der Waals surface area contributed by atoms with Gasteiger partial charge in [-0.2, -0.15) is 0 Å². The monoisotopic (exact) mass is 495 g/mol. The van der Waals surface area contributed by atoms with Gasteiger partial charge in [0.15, 0.2) is 0 Å². The number of ether oxygens (including phenoxy) is 1. The van der Waals surface area contributed by atoms with Crippen molar-refractivity contribution < 1.29 is 19.4 Å². The Morgan fingerprint density at radius 1 is 1.00 bits per heavy atom. The summed E-state index contributed by atoms with van der Waals surface area (Å²) in [4.78, 5) is 27.9. The molecule has 0 aromatic heterocycles. The van der Waals surface area contributed by atoms with E-state index in [0.29, 0.717) is 28.6 Å². The number of ketones is 1. The van der Waals surface area contributed by atoms with Crippen LogP contribution in [0.3, 0.4) is 0 Å². The molecule has 0 spiro atoms. The van der Waals surface area contributed by atoms with Gasteiger partial charge in [0.05, 0.1) is 28.3 Å². The van der Waals surface area contributed by atoms with Crippen LogP contribution in [-0.2, 0) is 9.59 Å². The molecule has 174 valence electrons. The van der Waals surface area contributed by atoms with Crippen LogP contribution in [0.1, 0.15) is 36.1 Å². The summed E-state index contributed by atoms with van der Waals surface area (Å²) in [5.74, 6) is -1.12. The summed E-state index contributed by atoms with van der Waals surface area (Å²) in [7, 11) is 0. The van der Waals surface area contributed by atoms with Gasteiger partial charge in [-0.1, -0.05) is 54.4 Å². The van der Waals surface area contributed by atoms with Crippen molar-refractivity contribution in [2.24, 2.45) is 0 Å². The number of carbonyl (C=O) groups is 2. The number of rotatable bonds is 6. The number of benzene rings is 3. The normalized spacial score (nSPS) is 17.3. The average Bonchev–Trinajstić information content (AvgIpc) is 3.10. The van der Waals surface area contributed by atoms with Crippen LogP contribution in [0.25, 0.3) is 5.76 Å². The number of aliphatic hydroxyl groups excluding tert-OH is 1. The van der Waals surface area contributed by atoms with E-state index in [1.807, 2.05) is 38.1 Å². The van der Waals surface area contributed by atoms with Crippen LogP contribution in [0.15, 0.2) is 72.3 Å². The third-order valence-electron chi connectivity index (χ3n) is 5.71. The molecular weight excluding hydrogens is 473 g/mol. The summed E-state index contributed by atoms with van der Waals surface area (Å²) in [6.45, 7) is 4.48. The van der Waals surface area contributed by atoms with Crippen molar-refractivity contribution in [2.75, 3.05) is 11.5 Å². The lowest BCUT2D eigenvalue weighted by Gasteiger charge is -2.27. The number of amides is 1. The highest BCUT2D eigenvalue weighted by atomic mass is 35.5. The predicted octanol–water partition coefficient (Wildman–Crippen LogP) is 6.72. The molecule has 0 aliphatic carbocycles. The first-order chi connectivity index (χ1) is 16.3. The molecule has 1 saturated heterocycles. The minimum atomic E-state index is -0.838. The van der Waals surface area contributed by atoms with E-state index in [-0.39, 0.29) is 16.4 Å². The van der Waals surface area contributed by atoms with E-state index < -0.39 is 17.7 Å². The zero-order valence-electron chi connectivity index (χ0n) is 18.7. The molecule has 5 nitrogen and oxygen atoms in total. The molecule has 0 radical (unpaired) electrons. The van der Waals surface area contributed by atoms with Crippen molar-refractivity contribution in [1.82, 2.24) is 0 Å². The smallest absolute Gasteiger partial charge is 0.300 e. The van der Waals surface area contributed by atoms with Gasteiger partial charge >= 0.3 is 0 Å². The second-order valence-corrected chi connectivity index (χ2v) is 8.81. The zero-order valence-corrected chi connectivity index (χ0v) is 20.2. The maximum atomic E-state index is 13.3. The highest BCUT2D eigenvalue weighted by molar-refractivity contribution is 6.52. The summed E-state index contributed by atoms with van der Waals surface area (Å²) in [5, 5.41) is 11.8. The van der Waals surface area contributed by atoms with Crippen molar-refractivity contribution in [1.29, 1.82) is 0 Å². The zero-order chi connectivity index (χ0) is 24.4. The molecule has 34 heavy (non-hydrogen) atoms. The Bertz CT molecular complexity index is 1280. The Kier molecular flexibility index (Phi) is 6.96. The summed E-state index contributed by atoms with van der Waals surface area (Å²) in [6, 6.07) is 18.1. The fraction of sp³-hybridized carbons (Fsp3) is 0.185. The van der Waals surface area contributed by atoms with Crippen molar-refractivity contribution in [3.8, 4) is 5.75 Å². The minimum Gasteiger partial charge on any atom is -0.507 e. The first kappa shape index (κ1) is 23.9. The van der Waals surface area contributed by atoms with Crippen LogP contribution >= 0.6 is 23.2 Å². The molecule has 1 aliphatic heterocycles. The van der Waals surface area contributed by atoms with E-state index in [0.717, 1.165) is 17.5 Å². The maximum Gasteiger partial charge on any atom is 0.300 e. The number of Topliss-reactive ketones (excluding diaryl/α,β-unsaturated/α-hetero) is 1. The van der Waals surface area contributed by atoms with E-state index in [1.54, 1.807) is 42.5 Å². The lowest BCUT2D eigenvalue weighted by molar-refractivity contribution is -0.132. The summed E-state index contributed by atoms with van der Waals surface area (Å²) < 4.78 is 5.61. The fourth-order valence-corrected chi connectivity index (χ4v) is 4.30. The van der Waals surface area contributed by atoms with Gasteiger partial charge in [-0.3, -0.25) is 14.5 Å². The molecule has 1 atom stereocenters. The molecule has 1 amide bonds. The molecule has 0 bridgehead atoms. The van der Waals surface area contributed by atoms with Crippen LogP contribution in [0.4, 0.5) is 5.69 Å². The topological polar surface area (TPSA) is 66.8 Å². The number of aliphatic hydroxyl groups is 1. The van der Waals surface area contributed by atoms with Crippen LogP contribution in [0, 0.1) is 6.92 Å². The van der Waals surface area contributed by atoms with Crippen molar-refractivity contribution in [3.63, 3.8) is 0 Å². The SMILES string of the molecule is CCCOc1ccc(/C(O)=C2\C(=O)C(=O)N(c3ccc(Cl)c(Cl)c3)C2c2ccccc2C)cc1. The number of hydrogen-bond donors (Lipinski definition) is 1. The predicted molar refractivity (Wildman–Crippen MR) is 135 cm³/mol.